The third-order valence-electron chi connectivity index (χ3n) is 12.4. The molecule has 15 heteroatoms. The van der Waals surface area contributed by atoms with E-state index >= 15 is 0 Å². The number of nitrogens with zero attached hydrogens (tertiary/aromatic N) is 5. The van der Waals surface area contributed by atoms with E-state index in [0.29, 0.717) is 50.1 Å². The van der Waals surface area contributed by atoms with Crippen molar-refractivity contribution < 1.29 is 29.3 Å². The SMILES string of the molecule is C=C1C(NC(C)C(=O)NC2=NCC=N2)CC2[C@](C)(CC[C@@H](O)[C@@]2(C)CO)C1CC(NC(C)C(=O)NC1=NCC=N1)C1=C/C(=C\c2ccc(N(C)C)cc2)OC1=O. The van der Waals surface area contributed by atoms with Gasteiger partial charge >= 0.3 is 5.97 Å². The first kappa shape index (κ1) is 40.8. The van der Waals surface area contributed by atoms with Gasteiger partial charge in [-0.2, -0.15) is 0 Å². The Balaban J connectivity index is 1.34. The van der Waals surface area contributed by atoms with Crippen LogP contribution in [-0.4, -0.2) is 116 Å². The smallest absolute Gasteiger partial charge is 0.341 e. The number of aliphatic imine (C=N–C) groups is 4. The molecule has 6 unspecified atom stereocenters. The van der Waals surface area contributed by atoms with Gasteiger partial charge in [-0.3, -0.25) is 30.9 Å². The van der Waals surface area contributed by atoms with Crippen molar-refractivity contribution in [3.05, 3.63) is 59.4 Å². The maximum Gasteiger partial charge on any atom is 0.341 e. The largest absolute Gasteiger partial charge is 0.423 e. The number of aliphatic hydroxyl groups excluding tert-OH is 2. The fourth-order valence-corrected chi connectivity index (χ4v) is 8.96. The highest BCUT2D eigenvalue weighted by Crippen LogP contribution is 2.62. The highest BCUT2D eigenvalue weighted by molar-refractivity contribution is 6.05. The first-order valence-corrected chi connectivity index (χ1v) is 19.3. The lowest BCUT2D eigenvalue weighted by molar-refractivity contribution is -0.156. The van der Waals surface area contributed by atoms with Crippen molar-refractivity contribution in [1.82, 2.24) is 21.3 Å². The maximum atomic E-state index is 13.8. The van der Waals surface area contributed by atoms with Crippen LogP contribution < -0.4 is 26.2 Å². The summed E-state index contributed by atoms with van der Waals surface area (Å²) >= 11 is 0. The van der Waals surface area contributed by atoms with Crippen LogP contribution in [0.25, 0.3) is 6.08 Å². The molecule has 1 aromatic rings. The van der Waals surface area contributed by atoms with Crippen LogP contribution >= 0.6 is 0 Å². The van der Waals surface area contributed by atoms with Crippen LogP contribution in [0.3, 0.4) is 0 Å². The lowest BCUT2D eigenvalue weighted by Crippen LogP contribution is -2.63. The number of guanidine groups is 2. The van der Waals surface area contributed by atoms with E-state index in [9.17, 15) is 24.6 Å². The number of cyclic esters (lactones) is 1. The molecule has 0 saturated heterocycles. The Labute approximate surface area is 328 Å². The molecule has 3 heterocycles. The standard InChI is InChI=1S/C41H55N9O6/c1-23-30(40(4)13-12-34(52)41(5,22-51)33(40)21-31(23)46-24(2)35(53)48-38-42-14-15-43-38)20-32(47-25(3)36(54)49-39-44-16-17-45-39)29-19-28(56-37(29)55)18-26-8-10-27(11-9-26)50(6)7/h8-11,14,16,18-19,24-25,30-34,46-47,51-52H,1,12-13,15,17,20-22H2,2-7H3,(H,43,48,53)(H,45,49,54)/b28-18+/t24?,25?,30?,31?,32?,33?,34-,40-,41+/m1/s1. The predicted molar refractivity (Wildman–Crippen MR) is 217 cm³/mol. The molecule has 0 aromatic heterocycles. The summed E-state index contributed by atoms with van der Waals surface area (Å²) in [4.78, 5) is 59.1. The third-order valence-corrected chi connectivity index (χ3v) is 12.4. The second-order valence-corrected chi connectivity index (χ2v) is 16.2. The van der Waals surface area contributed by atoms with Crippen LogP contribution in [0.5, 0.6) is 0 Å². The molecule has 15 nitrogen and oxygen atoms in total. The molecule has 2 fully saturated rings. The van der Waals surface area contributed by atoms with Gasteiger partial charge < -0.3 is 19.8 Å². The molecule has 0 spiro atoms. The zero-order chi connectivity index (χ0) is 40.4. The number of ether oxygens (including phenoxy) is 1. The zero-order valence-corrected chi connectivity index (χ0v) is 33.1. The molecular weight excluding hydrogens is 715 g/mol. The number of amides is 2. The summed E-state index contributed by atoms with van der Waals surface area (Å²) in [6, 6.07) is 5.32. The Morgan fingerprint density at radius 1 is 1.04 bits per heavy atom. The van der Waals surface area contributed by atoms with Gasteiger partial charge in [-0.1, -0.05) is 38.1 Å². The van der Waals surface area contributed by atoms with Crippen molar-refractivity contribution in [2.24, 2.45) is 42.6 Å². The lowest BCUT2D eigenvalue weighted by Gasteiger charge is -2.62. The molecule has 2 saturated carbocycles. The molecule has 300 valence electrons. The number of anilines is 1. The summed E-state index contributed by atoms with van der Waals surface area (Å²) in [5.74, 6) is -0.855. The van der Waals surface area contributed by atoms with Crippen molar-refractivity contribution in [3.8, 4) is 0 Å². The number of hydrogen-bond acceptors (Lipinski definition) is 13. The van der Waals surface area contributed by atoms with Gasteiger partial charge in [0.2, 0.25) is 23.7 Å². The van der Waals surface area contributed by atoms with Crippen molar-refractivity contribution >= 4 is 53.9 Å². The van der Waals surface area contributed by atoms with Crippen LogP contribution in [0.1, 0.15) is 58.9 Å². The highest BCUT2D eigenvalue weighted by atomic mass is 16.5. The Morgan fingerprint density at radius 3 is 2.23 bits per heavy atom. The summed E-state index contributed by atoms with van der Waals surface area (Å²) in [5, 5.41) is 34.7. The minimum atomic E-state index is -0.854. The summed E-state index contributed by atoms with van der Waals surface area (Å²) in [7, 11) is 3.93. The number of esters is 1. The lowest BCUT2D eigenvalue weighted by atomic mass is 9.45. The number of hydrogen-bond donors (Lipinski definition) is 6. The minimum Gasteiger partial charge on any atom is -0.423 e. The van der Waals surface area contributed by atoms with Crippen LogP contribution in [0, 0.1) is 22.7 Å². The molecule has 2 amide bonds. The molecule has 56 heavy (non-hydrogen) atoms. The van der Waals surface area contributed by atoms with E-state index in [1.165, 1.54) is 0 Å². The van der Waals surface area contributed by atoms with Gasteiger partial charge in [-0.15, -0.1) is 0 Å². The number of carbonyl (C=O) groups excluding carboxylic acids is 3. The molecule has 6 N–H and O–H groups in total. The maximum absolute atomic E-state index is 13.8. The first-order chi connectivity index (χ1) is 26.6. The molecule has 5 aliphatic rings. The van der Waals surface area contributed by atoms with E-state index in [1.54, 1.807) is 38.4 Å². The Bertz CT molecular complexity index is 1900. The van der Waals surface area contributed by atoms with Gasteiger partial charge in [-0.05, 0) is 86.6 Å². The number of nitrogens with one attached hydrogen (secondary N) is 4. The summed E-state index contributed by atoms with van der Waals surface area (Å²) in [6.07, 6.45) is 7.95. The highest BCUT2D eigenvalue weighted by Gasteiger charge is 2.60. The summed E-state index contributed by atoms with van der Waals surface area (Å²) < 4.78 is 5.83. The number of fused-ring (bicyclic) bond motifs is 1. The van der Waals surface area contributed by atoms with Crippen LogP contribution in [0.15, 0.2) is 73.8 Å². The van der Waals surface area contributed by atoms with E-state index < -0.39 is 47.1 Å². The topological polar surface area (TPSA) is 202 Å². The number of rotatable bonds is 12. The van der Waals surface area contributed by atoms with Gasteiger partial charge in [0.05, 0.1) is 43.5 Å². The first-order valence-electron chi connectivity index (χ1n) is 19.3. The number of allylic oxidation sites excluding steroid dienone is 1. The van der Waals surface area contributed by atoms with Gasteiger partial charge in [-0.25, -0.2) is 24.8 Å². The quantitative estimate of drug-likeness (QED) is 0.136. The van der Waals surface area contributed by atoms with Crippen molar-refractivity contribution in [2.75, 3.05) is 38.7 Å². The fourth-order valence-electron chi connectivity index (χ4n) is 8.96. The number of benzene rings is 1. The van der Waals surface area contributed by atoms with E-state index in [4.69, 9.17) is 4.74 Å². The Kier molecular flexibility index (Phi) is 12.2. The van der Waals surface area contributed by atoms with Crippen molar-refractivity contribution in [2.45, 2.75) is 83.6 Å². The molecule has 9 atom stereocenters. The molecule has 0 bridgehead atoms. The number of aliphatic hydroxyl groups is 2. The molecule has 2 aliphatic carbocycles. The number of carbonyl (C=O) groups is 3. The average molecular weight is 770 g/mol. The van der Waals surface area contributed by atoms with E-state index in [2.05, 4.69) is 54.7 Å². The molecular formula is C41H55N9O6. The third kappa shape index (κ3) is 8.45. The second-order valence-electron chi connectivity index (χ2n) is 16.2. The summed E-state index contributed by atoms with van der Waals surface area (Å²) in [5.41, 5.74) is 1.73. The monoisotopic (exact) mass is 769 g/mol. The Hall–Kier alpha value is -4.83. The minimum absolute atomic E-state index is 0.208. The molecule has 1 aromatic carbocycles. The van der Waals surface area contributed by atoms with Crippen LogP contribution in [-0.2, 0) is 19.1 Å². The normalized spacial score (nSPS) is 30.6. The molecule has 6 rings (SSSR count). The van der Waals surface area contributed by atoms with Crippen molar-refractivity contribution in [3.63, 3.8) is 0 Å². The van der Waals surface area contributed by atoms with E-state index in [-0.39, 0.29) is 42.2 Å². The van der Waals surface area contributed by atoms with E-state index in [0.717, 1.165) is 16.8 Å². The average Bonchev–Trinajstić information content (AvgIpc) is 3.96. The predicted octanol–water partition coefficient (Wildman–Crippen LogP) is 2.13. The van der Waals surface area contributed by atoms with Gasteiger partial charge in [0.25, 0.3) is 0 Å². The zero-order valence-electron chi connectivity index (χ0n) is 33.1. The fraction of sp³-hybridized carbons (Fsp3) is 0.537. The van der Waals surface area contributed by atoms with Crippen LogP contribution in [0.4, 0.5) is 5.69 Å². The van der Waals surface area contributed by atoms with Gasteiger partial charge in [0, 0.05) is 49.7 Å². The second kappa shape index (κ2) is 16.7. The van der Waals surface area contributed by atoms with Crippen molar-refractivity contribution in [1.29, 1.82) is 0 Å². The van der Waals surface area contributed by atoms with Gasteiger partial charge in [0.15, 0.2) is 0 Å². The summed E-state index contributed by atoms with van der Waals surface area (Å²) in [6.45, 7) is 12.8. The Morgan fingerprint density at radius 2 is 1.66 bits per heavy atom. The van der Waals surface area contributed by atoms with Gasteiger partial charge in [0.1, 0.15) is 5.76 Å². The van der Waals surface area contributed by atoms with E-state index in [1.807, 2.05) is 50.2 Å². The molecule has 3 aliphatic heterocycles. The van der Waals surface area contributed by atoms with Crippen LogP contribution in [0.2, 0.25) is 0 Å². The molecule has 0 radical (unpaired) electrons.